The van der Waals surface area contributed by atoms with Crippen molar-refractivity contribution in [1.29, 1.82) is 0 Å². The number of hydrogen-bond donors (Lipinski definition) is 0. The van der Waals surface area contributed by atoms with Gasteiger partial charge >= 0.3 is 0 Å². The first-order valence-electron chi connectivity index (χ1n) is 11.4. The summed E-state index contributed by atoms with van der Waals surface area (Å²) in [5, 5.41) is 0. The summed E-state index contributed by atoms with van der Waals surface area (Å²) in [6.45, 7) is 4.05. The zero-order valence-corrected chi connectivity index (χ0v) is 18.1. The Morgan fingerprint density at radius 3 is 2.57 bits per heavy atom. The molecule has 0 saturated carbocycles. The van der Waals surface area contributed by atoms with Crippen LogP contribution in [0.4, 0.5) is 0 Å². The predicted octanol–water partition coefficient (Wildman–Crippen LogP) is 3.04. The number of hydrogen-bond acceptors (Lipinski definition) is 4. The molecule has 3 heterocycles. The van der Waals surface area contributed by atoms with Crippen LogP contribution in [0.15, 0.2) is 24.3 Å². The summed E-state index contributed by atoms with van der Waals surface area (Å²) in [6, 6.07) is 7.71. The first kappa shape index (κ1) is 21.2. The third-order valence-electron chi connectivity index (χ3n) is 7.03. The maximum atomic E-state index is 12.8. The van der Waals surface area contributed by atoms with Gasteiger partial charge in [-0.25, -0.2) is 0 Å². The Morgan fingerprint density at radius 2 is 1.83 bits per heavy atom. The van der Waals surface area contributed by atoms with E-state index in [4.69, 9.17) is 9.47 Å². The van der Waals surface area contributed by atoms with Crippen LogP contribution in [-0.2, 0) is 20.7 Å². The summed E-state index contributed by atoms with van der Waals surface area (Å²) in [7, 11) is 1.64. The Balaban J connectivity index is 1.28. The molecule has 3 aliphatic rings. The fourth-order valence-corrected chi connectivity index (χ4v) is 5.23. The quantitative estimate of drug-likeness (QED) is 0.743. The topological polar surface area (TPSA) is 59.1 Å². The predicted molar refractivity (Wildman–Crippen MR) is 114 cm³/mol. The largest absolute Gasteiger partial charge is 0.497 e. The van der Waals surface area contributed by atoms with Crippen LogP contribution in [0.25, 0.3) is 0 Å². The second kappa shape index (κ2) is 9.38. The number of benzene rings is 1. The number of nitrogens with zero attached hydrogens (tertiary/aromatic N) is 2. The summed E-state index contributed by atoms with van der Waals surface area (Å²) in [5.74, 6) is 1.67. The molecule has 1 aromatic carbocycles. The molecule has 0 aromatic heterocycles. The summed E-state index contributed by atoms with van der Waals surface area (Å²) in [6.07, 6.45) is 6.99. The number of methoxy groups -OCH3 is 1. The minimum absolute atomic E-state index is 0.152. The number of ether oxygens (including phenoxy) is 2. The molecule has 0 radical (unpaired) electrons. The SMILES string of the molecule is COc1cccc(CC(=O)N2CCC3(CC2)CC(CC(=O)N2CCCC2)CCO3)c1. The van der Waals surface area contributed by atoms with Crippen LogP contribution in [0.1, 0.15) is 50.5 Å². The molecule has 0 aliphatic carbocycles. The molecule has 1 aromatic rings. The van der Waals surface area contributed by atoms with Crippen molar-refractivity contribution < 1.29 is 19.1 Å². The molecule has 6 heteroatoms. The zero-order chi connectivity index (χ0) is 21.0. The van der Waals surface area contributed by atoms with Crippen LogP contribution < -0.4 is 4.74 Å². The van der Waals surface area contributed by atoms with Gasteiger partial charge in [-0.2, -0.15) is 0 Å². The van der Waals surface area contributed by atoms with Crippen LogP contribution in [0, 0.1) is 5.92 Å². The van der Waals surface area contributed by atoms with Gasteiger partial charge in [-0.15, -0.1) is 0 Å². The van der Waals surface area contributed by atoms with Crippen LogP contribution in [0.5, 0.6) is 5.75 Å². The smallest absolute Gasteiger partial charge is 0.226 e. The lowest BCUT2D eigenvalue weighted by Crippen LogP contribution is -2.51. The number of likely N-dealkylation sites (tertiary alicyclic amines) is 2. The number of carbonyl (C=O) groups is 2. The summed E-state index contributed by atoms with van der Waals surface area (Å²) in [4.78, 5) is 29.4. The molecular formula is C24H34N2O4. The molecule has 6 nitrogen and oxygen atoms in total. The van der Waals surface area contributed by atoms with Gasteiger partial charge in [0.25, 0.3) is 0 Å². The van der Waals surface area contributed by atoms with Crippen molar-refractivity contribution >= 4 is 11.8 Å². The van der Waals surface area contributed by atoms with Gasteiger partial charge in [0.2, 0.25) is 11.8 Å². The lowest BCUT2D eigenvalue weighted by atomic mass is 9.78. The molecule has 1 spiro atoms. The molecule has 3 fully saturated rings. The molecule has 30 heavy (non-hydrogen) atoms. The molecule has 1 atom stereocenters. The van der Waals surface area contributed by atoms with Crippen molar-refractivity contribution in [3.63, 3.8) is 0 Å². The number of piperidine rings is 1. The van der Waals surface area contributed by atoms with Crippen molar-refractivity contribution in [2.24, 2.45) is 5.92 Å². The third kappa shape index (κ3) is 4.97. The highest BCUT2D eigenvalue weighted by Crippen LogP contribution is 2.39. The average Bonchev–Trinajstić information content (AvgIpc) is 3.30. The normalized spacial score (nSPS) is 23.6. The van der Waals surface area contributed by atoms with Gasteiger partial charge in [0.15, 0.2) is 0 Å². The average molecular weight is 415 g/mol. The van der Waals surface area contributed by atoms with E-state index in [1.165, 1.54) is 0 Å². The second-order valence-electron chi connectivity index (χ2n) is 9.09. The van der Waals surface area contributed by atoms with Gasteiger partial charge in [0.1, 0.15) is 5.75 Å². The van der Waals surface area contributed by atoms with Gasteiger partial charge in [0, 0.05) is 39.2 Å². The Labute approximate surface area is 179 Å². The molecule has 1 unspecified atom stereocenters. The number of rotatable bonds is 5. The Bertz CT molecular complexity index is 751. The molecule has 4 rings (SSSR count). The van der Waals surface area contributed by atoms with E-state index < -0.39 is 0 Å². The summed E-state index contributed by atoms with van der Waals surface area (Å²) in [5.41, 5.74) is 0.829. The third-order valence-corrected chi connectivity index (χ3v) is 7.03. The molecule has 164 valence electrons. The van der Waals surface area contributed by atoms with Crippen molar-refractivity contribution in [2.75, 3.05) is 39.9 Å². The fourth-order valence-electron chi connectivity index (χ4n) is 5.23. The van der Waals surface area contributed by atoms with Crippen molar-refractivity contribution in [1.82, 2.24) is 9.80 Å². The van der Waals surface area contributed by atoms with Crippen LogP contribution >= 0.6 is 0 Å². The van der Waals surface area contributed by atoms with E-state index in [9.17, 15) is 9.59 Å². The summed E-state index contributed by atoms with van der Waals surface area (Å²) < 4.78 is 11.5. The lowest BCUT2D eigenvalue weighted by Gasteiger charge is -2.46. The molecule has 3 aliphatic heterocycles. The maximum absolute atomic E-state index is 12.8. The molecule has 2 amide bonds. The molecule has 0 bridgehead atoms. The van der Waals surface area contributed by atoms with E-state index in [1.54, 1.807) is 7.11 Å². The van der Waals surface area contributed by atoms with Crippen molar-refractivity contribution in [3.8, 4) is 5.75 Å². The van der Waals surface area contributed by atoms with E-state index in [2.05, 4.69) is 0 Å². The lowest BCUT2D eigenvalue weighted by molar-refractivity contribution is -0.149. The molecule has 3 saturated heterocycles. The van der Waals surface area contributed by atoms with E-state index in [0.717, 1.165) is 82.6 Å². The minimum Gasteiger partial charge on any atom is -0.497 e. The van der Waals surface area contributed by atoms with Crippen LogP contribution in [0.2, 0.25) is 0 Å². The van der Waals surface area contributed by atoms with E-state index >= 15 is 0 Å². The maximum Gasteiger partial charge on any atom is 0.226 e. The Morgan fingerprint density at radius 1 is 1.10 bits per heavy atom. The van der Waals surface area contributed by atoms with E-state index in [1.807, 2.05) is 34.1 Å². The van der Waals surface area contributed by atoms with Crippen LogP contribution in [-0.4, -0.2) is 67.1 Å². The van der Waals surface area contributed by atoms with Crippen LogP contribution in [0.3, 0.4) is 0 Å². The second-order valence-corrected chi connectivity index (χ2v) is 9.09. The Kier molecular flexibility index (Phi) is 6.61. The fraction of sp³-hybridized carbons (Fsp3) is 0.667. The van der Waals surface area contributed by atoms with Gasteiger partial charge in [-0.1, -0.05) is 12.1 Å². The number of amides is 2. The highest BCUT2D eigenvalue weighted by molar-refractivity contribution is 5.79. The first-order chi connectivity index (χ1) is 14.6. The van der Waals surface area contributed by atoms with Gasteiger partial charge < -0.3 is 19.3 Å². The highest BCUT2D eigenvalue weighted by Gasteiger charge is 2.41. The first-order valence-corrected chi connectivity index (χ1v) is 11.4. The van der Waals surface area contributed by atoms with Crippen molar-refractivity contribution in [2.45, 2.75) is 57.0 Å². The van der Waals surface area contributed by atoms with Gasteiger partial charge in [-0.3, -0.25) is 9.59 Å². The van der Waals surface area contributed by atoms with Gasteiger partial charge in [0.05, 0.1) is 19.1 Å². The van der Waals surface area contributed by atoms with Crippen molar-refractivity contribution in [3.05, 3.63) is 29.8 Å². The highest BCUT2D eigenvalue weighted by atomic mass is 16.5. The monoisotopic (exact) mass is 414 g/mol. The zero-order valence-electron chi connectivity index (χ0n) is 18.1. The van der Waals surface area contributed by atoms with Gasteiger partial charge in [-0.05, 0) is 62.1 Å². The summed E-state index contributed by atoms with van der Waals surface area (Å²) >= 11 is 0. The molecular weight excluding hydrogens is 380 g/mol. The standard InChI is InChI=1S/C24H34N2O4/c1-29-21-6-4-5-19(15-21)16-22(27)26-12-8-24(9-13-26)18-20(7-14-30-24)17-23(28)25-10-2-3-11-25/h4-6,15,20H,2-3,7-14,16-18H2,1H3. The molecule has 0 N–H and O–H groups in total. The Hall–Kier alpha value is -2.08. The number of carbonyl (C=O) groups excluding carboxylic acids is 2. The minimum atomic E-state index is -0.152. The van der Waals surface area contributed by atoms with E-state index in [-0.39, 0.29) is 11.5 Å². The van der Waals surface area contributed by atoms with E-state index in [0.29, 0.717) is 24.7 Å².